The number of aryl methyl sites for hydroxylation is 5. The third kappa shape index (κ3) is 23.3. The molecule has 0 saturated carbocycles. The molecule has 0 aliphatic heterocycles. The van der Waals surface area contributed by atoms with Crippen molar-refractivity contribution in [2.45, 2.75) is 151 Å². The van der Waals surface area contributed by atoms with Crippen LogP contribution in [0.5, 0.6) is 0 Å². The minimum atomic E-state index is -0.782. The highest BCUT2D eigenvalue weighted by atomic mass is 16.4. The number of rotatable bonds is 20. The number of H-pyrrole nitrogens is 1. The number of benzene rings is 4. The van der Waals surface area contributed by atoms with Gasteiger partial charge in [-0.1, -0.05) is 37.3 Å². The van der Waals surface area contributed by atoms with Gasteiger partial charge in [0.25, 0.3) is 0 Å². The molecular formula is C75H113N17O10. The predicted molar refractivity (Wildman–Crippen MR) is 410 cm³/mol. The molecule has 0 aliphatic carbocycles. The van der Waals surface area contributed by atoms with Crippen LogP contribution in [0.1, 0.15) is 87.3 Å². The molecule has 0 spiro atoms. The maximum Gasteiger partial charge on any atom is 0.322 e. The summed E-state index contributed by atoms with van der Waals surface area (Å²) >= 11 is 0. The first kappa shape index (κ1) is 85.8. The van der Waals surface area contributed by atoms with Gasteiger partial charge in [-0.25, -0.2) is 9.59 Å². The number of amides is 10. The zero-order valence-electron chi connectivity index (χ0n) is 64.1. The number of carboxylic acids is 1. The number of aromatic amines is 1. The zero-order chi connectivity index (χ0) is 77.2. The SMILES string of the molecule is CC(C(=O)O)N(C)C.CCc1cn(CC)c2cc(NC(=O)N(C)C(C)C(=O)N(C)C(C)C(=O)NC)ccc12.CCn1ccc2ccc(N)cc21.CCn1ccc2ccc(NC(=O)N(C)C(C)C(=O)N(C)C(C)C(=O)NC)cc21.CNC(=O)C(C)N(C)C(=O)C(C)NC.Cc1ccc2cc[nH]c2c1. The van der Waals surface area contributed by atoms with Crippen LogP contribution >= 0.6 is 0 Å². The van der Waals surface area contributed by atoms with Crippen molar-refractivity contribution in [3.8, 4) is 0 Å². The summed E-state index contributed by atoms with van der Waals surface area (Å²) in [5.41, 5.74) is 15.0. The van der Waals surface area contributed by atoms with Crippen molar-refractivity contribution >= 4 is 114 Å². The molecule has 4 heterocycles. The molecule has 0 bridgehead atoms. The highest BCUT2D eigenvalue weighted by Crippen LogP contribution is 2.27. The van der Waals surface area contributed by atoms with Gasteiger partial charge in [0, 0.05) is 129 Å². The molecule has 558 valence electrons. The highest BCUT2D eigenvalue weighted by molar-refractivity contribution is 5.99. The van der Waals surface area contributed by atoms with E-state index in [-0.39, 0.29) is 53.6 Å². The predicted octanol–water partition coefficient (Wildman–Crippen LogP) is 8.70. The van der Waals surface area contributed by atoms with Gasteiger partial charge in [0.15, 0.2) is 0 Å². The lowest BCUT2D eigenvalue weighted by atomic mass is 10.1. The van der Waals surface area contributed by atoms with E-state index < -0.39 is 42.2 Å². The Morgan fingerprint density at radius 1 is 0.480 bits per heavy atom. The first-order valence-electron chi connectivity index (χ1n) is 34.2. The number of fused-ring (bicyclic) bond motifs is 4. The maximum absolute atomic E-state index is 12.8. The summed E-state index contributed by atoms with van der Waals surface area (Å²) in [6, 6.07) is 25.6. The van der Waals surface area contributed by atoms with Crippen molar-refractivity contribution in [3.05, 3.63) is 127 Å². The number of carbonyl (C=O) groups is 9. The molecule has 10 amide bonds. The molecular weight excluding hydrogens is 1300 g/mol. The lowest BCUT2D eigenvalue weighted by molar-refractivity contribution is -0.141. The normalized spacial score (nSPS) is 12.7. The number of carbonyl (C=O) groups excluding carboxylic acids is 8. The van der Waals surface area contributed by atoms with Gasteiger partial charge in [-0.05, 0) is 192 Å². The van der Waals surface area contributed by atoms with Gasteiger partial charge in [-0.2, -0.15) is 0 Å². The van der Waals surface area contributed by atoms with Crippen molar-refractivity contribution in [2.75, 3.05) is 93.9 Å². The molecule has 27 heteroatoms. The topological polar surface area (TPSA) is 322 Å². The molecule has 7 atom stereocenters. The highest BCUT2D eigenvalue weighted by Gasteiger charge is 2.32. The number of likely N-dealkylation sites (N-methyl/N-ethyl adjacent to an activating group) is 10. The van der Waals surface area contributed by atoms with Gasteiger partial charge in [0.2, 0.25) is 35.4 Å². The van der Waals surface area contributed by atoms with Gasteiger partial charge in [0.1, 0.15) is 36.3 Å². The molecule has 0 radical (unpaired) electrons. The number of nitrogens with two attached hydrogens (primary N) is 1. The van der Waals surface area contributed by atoms with Crippen LogP contribution in [-0.2, 0) is 59.6 Å². The Morgan fingerprint density at radius 3 is 1.31 bits per heavy atom. The monoisotopic (exact) mass is 1410 g/mol. The number of hydrogen-bond donors (Lipinski definition) is 9. The van der Waals surface area contributed by atoms with Crippen molar-refractivity contribution < 1.29 is 48.3 Å². The fraction of sp³-hybridized carbons (Fsp3) is 0.453. The van der Waals surface area contributed by atoms with Crippen LogP contribution in [0, 0.1) is 6.92 Å². The summed E-state index contributed by atoms with van der Waals surface area (Å²) in [6.07, 6.45) is 9.15. The Kier molecular flexibility index (Phi) is 34.3. The van der Waals surface area contributed by atoms with Crippen molar-refractivity contribution in [2.24, 2.45) is 0 Å². The Morgan fingerprint density at radius 2 is 0.902 bits per heavy atom. The minimum Gasteiger partial charge on any atom is -0.480 e. The van der Waals surface area contributed by atoms with E-state index in [2.05, 4.69) is 134 Å². The summed E-state index contributed by atoms with van der Waals surface area (Å²) in [6.45, 7) is 24.8. The molecule has 8 aromatic rings. The molecule has 0 fully saturated rings. The van der Waals surface area contributed by atoms with Crippen LogP contribution in [0.3, 0.4) is 0 Å². The summed E-state index contributed by atoms with van der Waals surface area (Å²) in [4.78, 5) is 119. The molecule has 8 rings (SSSR count). The molecule has 4 aromatic heterocycles. The van der Waals surface area contributed by atoms with Crippen LogP contribution in [-0.4, -0.2) is 226 Å². The van der Waals surface area contributed by atoms with E-state index in [1.165, 1.54) is 76.9 Å². The number of anilines is 3. The van der Waals surface area contributed by atoms with Gasteiger partial charge < -0.3 is 85.9 Å². The van der Waals surface area contributed by atoms with E-state index in [0.717, 1.165) is 48.2 Å². The lowest BCUT2D eigenvalue weighted by Gasteiger charge is -2.31. The average Bonchev–Trinajstić information content (AvgIpc) is 1.64. The zero-order valence-corrected chi connectivity index (χ0v) is 64.1. The van der Waals surface area contributed by atoms with Crippen LogP contribution in [0.25, 0.3) is 43.6 Å². The van der Waals surface area contributed by atoms with Crippen LogP contribution in [0.2, 0.25) is 0 Å². The van der Waals surface area contributed by atoms with Crippen molar-refractivity contribution in [1.82, 2.24) is 69.4 Å². The minimum absolute atomic E-state index is 0.0939. The van der Waals surface area contributed by atoms with E-state index in [4.69, 9.17) is 10.8 Å². The quantitative estimate of drug-likeness (QED) is 0.0323. The first-order chi connectivity index (χ1) is 48.0. The lowest BCUT2D eigenvalue weighted by Crippen LogP contribution is -2.53. The van der Waals surface area contributed by atoms with E-state index >= 15 is 0 Å². The number of hydrogen-bond acceptors (Lipinski definition) is 12. The third-order valence-corrected chi connectivity index (χ3v) is 18.3. The van der Waals surface area contributed by atoms with Gasteiger partial charge >= 0.3 is 18.0 Å². The van der Waals surface area contributed by atoms with Crippen LogP contribution in [0.4, 0.5) is 26.7 Å². The fourth-order valence-corrected chi connectivity index (χ4v) is 10.2. The standard InChI is InChI=1S/C22H33N5O3.C20H29N5O3.C10H12N2.C9H19N3O2.C9H9N.C5H11NO2/c1-8-16-13-27(9-2)19-12-17(10-11-18(16)19)24-22(30)26(7)15(4)21(29)25(6)14(3)20(28)23-5;1-7-25-11-10-15-8-9-16(12-17(15)25)22-20(28)24(6)14(3)19(27)23(5)13(2)18(26)21-4;1-2-12-6-5-8-3-4-9(11)7-10(8)12;1-6(10-3)9(14)12(5)7(2)8(13)11-4;1-7-2-3-8-4-5-10-9(8)6-7;1-4(5(7)8)6(2)3/h10-15H,8-9H2,1-7H3,(H,23,28)(H,24,30);8-14H,7H2,1-6H3,(H,21,26)(H,22,28);3-7H,2,11H2,1H3;6-7,10H,1-5H3,(H,11,13);2-6,10H,1H3;4H,1-3H3,(H,7,8). The number of nitrogen functional groups attached to an aromatic ring is 1. The molecule has 10 N–H and O–H groups in total. The molecule has 27 nitrogen and oxygen atoms in total. The second-order valence-corrected chi connectivity index (χ2v) is 25.0. The third-order valence-electron chi connectivity index (χ3n) is 18.3. The Hall–Kier alpha value is -10.4. The maximum atomic E-state index is 12.8. The average molecular weight is 1410 g/mol. The van der Waals surface area contributed by atoms with Gasteiger partial charge in [-0.15, -0.1) is 0 Å². The Labute approximate surface area is 601 Å². The van der Waals surface area contributed by atoms with Gasteiger partial charge in [-0.3, -0.25) is 38.5 Å². The largest absolute Gasteiger partial charge is 0.480 e. The van der Waals surface area contributed by atoms with E-state index in [0.29, 0.717) is 11.4 Å². The molecule has 7 unspecified atom stereocenters. The van der Waals surface area contributed by atoms with Crippen molar-refractivity contribution in [3.63, 3.8) is 0 Å². The number of aromatic nitrogens is 4. The summed E-state index contributed by atoms with van der Waals surface area (Å²) in [5.74, 6) is -2.19. The number of carboxylic acid groups (broad SMARTS) is 1. The second-order valence-electron chi connectivity index (χ2n) is 25.0. The van der Waals surface area contributed by atoms with Gasteiger partial charge in [0.05, 0.1) is 22.6 Å². The summed E-state index contributed by atoms with van der Waals surface area (Å²) in [5, 5.41) is 29.2. The molecule has 4 aromatic carbocycles. The van der Waals surface area contributed by atoms with Crippen LogP contribution in [0.15, 0.2) is 116 Å². The molecule has 0 aliphatic rings. The van der Waals surface area contributed by atoms with Crippen molar-refractivity contribution in [1.29, 1.82) is 0 Å². The molecule has 0 saturated heterocycles. The van der Waals surface area contributed by atoms with Crippen LogP contribution < -0.4 is 37.6 Å². The fourth-order valence-electron chi connectivity index (χ4n) is 10.2. The first-order valence-corrected chi connectivity index (χ1v) is 34.2. The number of aliphatic carboxylic acids is 1. The Bertz CT molecular complexity index is 4100. The number of urea groups is 2. The Balaban J connectivity index is 0.000000340. The second kappa shape index (κ2) is 40.7. The number of nitrogens with zero attached hydrogens (tertiary/aromatic N) is 9. The van der Waals surface area contributed by atoms with E-state index in [1.807, 2.05) is 67.0 Å². The number of nitrogens with one attached hydrogen (secondary N) is 7. The molecule has 102 heavy (non-hydrogen) atoms. The van der Waals surface area contributed by atoms with E-state index in [1.54, 1.807) is 117 Å². The summed E-state index contributed by atoms with van der Waals surface area (Å²) < 4.78 is 6.44. The summed E-state index contributed by atoms with van der Waals surface area (Å²) in [7, 11) is 17.6. The van der Waals surface area contributed by atoms with E-state index in [9.17, 15) is 43.2 Å². The smallest absolute Gasteiger partial charge is 0.322 e.